The zero-order valence-corrected chi connectivity index (χ0v) is 11.4. The van der Waals surface area contributed by atoms with Gasteiger partial charge in [0.25, 0.3) is 0 Å². The van der Waals surface area contributed by atoms with Crippen molar-refractivity contribution >= 4 is 5.91 Å². The van der Waals surface area contributed by atoms with Crippen LogP contribution >= 0.6 is 0 Å². The van der Waals surface area contributed by atoms with Crippen LogP contribution in [0.1, 0.15) is 38.4 Å². The van der Waals surface area contributed by atoms with Gasteiger partial charge in [-0.05, 0) is 38.5 Å². The van der Waals surface area contributed by atoms with Gasteiger partial charge in [-0.25, -0.2) is 4.39 Å². The van der Waals surface area contributed by atoms with Crippen LogP contribution in [0.3, 0.4) is 0 Å². The minimum atomic E-state index is -0.927. The fourth-order valence-corrected chi connectivity index (χ4v) is 1.78. The number of hydrogen-bond donors (Lipinski definition) is 2. The third kappa shape index (κ3) is 4.87. The highest BCUT2D eigenvalue weighted by molar-refractivity contribution is 5.76. The summed E-state index contributed by atoms with van der Waals surface area (Å²) in [6, 6.07) is 4.01. The number of aliphatic hydroxyl groups is 1. The lowest BCUT2D eigenvalue weighted by atomic mass is 10.0. The number of methoxy groups -OCH3 is 1. The first-order chi connectivity index (χ1) is 8.93. The summed E-state index contributed by atoms with van der Waals surface area (Å²) in [4.78, 5) is 11.5. The average molecular weight is 269 g/mol. The zero-order chi connectivity index (χ0) is 14.4. The van der Waals surface area contributed by atoms with Crippen LogP contribution in [0.15, 0.2) is 18.2 Å². The monoisotopic (exact) mass is 269 g/mol. The summed E-state index contributed by atoms with van der Waals surface area (Å²) in [6.45, 7) is 3.73. The lowest BCUT2D eigenvalue weighted by molar-refractivity contribution is -0.122. The average Bonchev–Trinajstić information content (AvgIpc) is 2.35. The SMILES string of the molecule is COc1ccc(F)cc1C(O)CCC(=O)NC(C)C. The molecule has 0 aromatic heterocycles. The van der Waals surface area contributed by atoms with Gasteiger partial charge in [0.05, 0.1) is 13.2 Å². The first kappa shape index (κ1) is 15.4. The molecule has 0 radical (unpaired) electrons. The fraction of sp³-hybridized carbons (Fsp3) is 0.500. The van der Waals surface area contributed by atoms with E-state index in [4.69, 9.17) is 4.74 Å². The molecule has 0 aliphatic heterocycles. The lowest BCUT2D eigenvalue weighted by Crippen LogP contribution is -2.30. The van der Waals surface area contributed by atoms with Gasteiger partial charge >= 0.3 is 0 Å². The van der Waals surface area contributed by atoms with Gasteiger partial charge in [-0.3, -0.25) is 4.79 Å². The Morgan fingerprint density at radius 1 is 1.47 bits per heavy atom. The topological polar surface area (TPSA) is 58.6 Å². The van der Waals surface area contributed by atoms with Crippen molar-refractivity contribution in [3.63, 3.8) is 0 Å². The molecule has 5 heteroatoms. The van der Waals surface area contributed by atoms with Gasteiger partial charge < -0.3 is 15.2 Å². The molecule has 0 fully saturated rings. The molecule has 1 aromatic rings. The van der Waals surface area contributed by atoms with E-state index >= 15 is 0 Å². The molecule has 1 rings (SSSR count). The molecule has 1 atom stereocenters. The second-order valence-corrected chi connectivity index (χ2v) is 4.66. The number of halogens is 1. The third-order valence-electron chi connectivity index (χ3n) is 2.65. The highest BCUT2D eigenvalue weighted by Crippen LogP contribution is 2.28. The number of rotatable bonds is 6. The van der Waals surface area contributed by atoms with Crippen LogP contribution in [0.4, 0.5) is 4.39 Å². The van der Waals surface area contributed by atoms with Gasteiger partial charge in [0.15, 0.2) is 0 Å². The molecule has 0 aliphatic rings. The smallest absolute Gasteiger partial charge is 0.220 e. The normalized spacial score (nSPS) is 12.3. The van der Waals surface area contributed by atoms with E-state index in [0.29, 0.717) is 11.3 Å². The minimum Gasteiger partial charge on any atom is -0.496 e. The van der Waals surface area contributed by atoms with Gasteiger partial charge in [0, 0.05) is 18.0 Å². The molecular formula is C14H20FNO3. The maximum absolute atomic E-state index is 13.2. The Balaban J connectivity index is 2.65. The molecule has 4 nitrogen and oxygen atoms in total. The molecule has 1 aromatic carbocycles. The van der Waals surface area contributed by atoms with E-state index in [1.54, 1.807) is 0 Å². The first-order valence-electron chi connectivity index (χ1n) is 6.25. The molecule has 2 N–H and O–H groups in total. The fourth-order valence-electron chi connectivity index (χ4n) is 1.78. The summed E-state index contributed by atoms with van der Waals surface area (Å²) in [5.74, 6) is -0.163. The molecule has 0 spiro atoms. The van der Waals surface area contributed by atoms with Crippen molar-refractivity contribution in [3.8, 4) is 5.75 Å². The number of hydrogen-bond acceptors (Lipinski definition) is 3. The highest BCUT2D eigenvalue weighted by Gasteiger charge is 2.16. The van der Waals surface area contributed by atoms with Crippen LogP contribution in [0.2, 0.25) is 0 Å². The molecule has 106 valence electrons. The zero-order valence-electron chi connectivity index (χ0n) is 11.4. The molecule has 19 heavy (non-hydrogen) atoms. The van der Waals surface area contributed by atoms with E-state index in [-0.39, 0.29) is 24.8 Å². The van der Waals surface area contributed by atoms with E-state index in [0.717, 1.165) is 0 Å². The summed E-state index contributed by atoms with van der Waals surface area (Å²) >= 11 is 0. The maximum atomic E-state index is 13.2. The lowest BCUT2D eigenvalue weighted by Gasteiger charge is -2.15. The maximum Gasteiger partial charge on any atom is 0.220 e. The molecule has 0 heterocycles. The Kier molecular flexibility index (Phi) is 5.76. The summed E-state index contributed by atoms with van der Waals surface area (Å²) < 4.78 is 18.2. The van der Waals surface area contributed by atoms with E-state index < -0.39 is 11.9 Å². The first-order valence-corrected chi connectivity index (χ1v) is 6.25. The van der Waals surface area contributed by atoms with Crippen LogP contribution in [-0.2, 0) is 4.79 Å². The van der Waals surface area contributed by atoms with Crippen LogP contribution < -0.4 is 10.1 Å². The Morgan fingerprint density at radius 2 is 2.16 bits per heavy atom. The molecule has 0 bridgehead atoms. The highest BCUT2D eigenvalue weighted by atomic mass is 19.1. The molecule has 1 amide bonds. The van der Waals surface area contributed by atoms with Gasteiger partial charge in [0.2, 0.25) is 5.91 Å². The quantitative estimate of drug-likeness (QED) is 0.832. The number of carbonyl (C=O) groups excluding carboxylic acids is 1. The summed E-state index contributed by atoms with van der Waals surface area (Å²) in [7, 11) is 1.45. The summed E-state index contributed by atoms with van der Waals surface area (Å²) in [5, 5.41) is 12.7. The van der Waals surface area contributed by atoms with E-state index in [2.05, 4.69) is 5.32 Å². The predicted octanol–water partition coefficient (Wildman–Crippen LogP) is 2.17. The van der Waals surface area contributed by atoms with Gasteiger partial charge in [0.1, 0.15) is 11.6 Å². The van der Waals surface area contributed by atoms with Crippen LogP contribution in [0, 0.1) is 5.82 Å². The Morgan fingerprint density at radius 3 is 2.74 bits per heavy atom. The van der Waals surface area contributed by atoms with Crippen LogP contribution in [-0.4, -0.2) is 24.2 Å². The van der Waals surface area contributed by atoms with Crippen LogP contribution in [0.25, 0.3) is 0 Å². The third-order valence-corrected chi connectivity index (χ3v) is 2.65. The molecule has 0 saturated carbocycles. The van der Waals surface area contributed by atoms with Gasteiger partial charge in [-0.1, -0.05) is 0 Å². The van der Waals surface area contributed by atoms with Crippen molar-refractivity contribution in [1.29, 1.82) is 0 Å². The van der Waals surface area contributed by atoms with E-state index in [1.807, 2.05) is 13.8 Å². The summed E-state index contributed by atoms with van der Waals surface area (Å²) in [5.41, 5.74) is 0.361. The Labute approximate surface area is 112 Å². The Bertz CT molecular complexity index is 435. The number of benzene rings is 1. The second-order valence-electron chi connectivity index (χ2n) is 4.66. The van der Waals surface area contributed by atoms with E-state index in [9.17, 15) is 14.3 Å². The Hall–Kier alpha value is -1.62. The largest absolute Gasteiger partial charge is 0.496 e. The van der Waals surface area contributed by atoms with Crippen molar-refractivity contribution in [3.05, 3.63) is 29.6 Å². The number of nitrogens with one attached hydrogen (secondary N) is 1. The minimum absolute atomic E-state index is 0.0633. The molecule has 0 aliphatic carbocycles. The van der Waals surface area contributed by atoms with Crippen molar-refractivity contribution in [1.82, 2.24) is 5.32 Å². The van der Waals surface area contributed by atoms with Gasteiger partial charge in [-0.2, -0.15) is 0 Å². The molecule has 1 unspecified atom stereocenters. The predicted molar refractivity (Wildman–Crippen MR) is 70.4 cm³/mol. The van der Waals surface area contributed by atoms with Crippen molar-refractivity contribution < 1.29 is 19.0 Å². The molecule has 0 saturated heterocycles. The van der Waals surface area contributed by atoms with Crippen LogP contribution in [0.5, 0.6) is 5.75 Å². The summed E-state index contributed by atoms with van der Waals surface area (Å²) in [6.07, 6.45) is -0.527. The molecular weight excluding hydrogens is 249 g/mol. The second kappa shape index (κ2) is 7.09. The number of carbonyl (C=O) groups is 1. The number of amides is 1. The van der Waals surface area contributed by atoms with Crippen molar-refractivity contribution in [2.45, 2.75) is 38.8 Å². The van der Waals surface area contributed by atoms with Gasteiger partial charge in [-0.15, -0.1) is 0 Å². The standard InChI is InChI=1S/C14H20FNO3/c1-9(2)16-14(18)7-5-12(17)11-8-10(15)4-6-13(11)19-3/h4,6,8-9,12,17H,5,7H2,1-3H3,(H,16,18). The van der Waals surface area contributed by atoms with Crippen molar-refractivity contribution in [2.24, 2.45) is 0 Å². The van der Waals surface area contributed by atoms with Crippen molar-refractivity contribution in [2.75, 3.05) is 7.11 Å². The number of aliphatic hydroxyl groups excluding tert-OH is 1. The number of ether oxygens (including phenoxy) is 1. The van der Waals surface area contributed by atoms with E-state index in [1.165, 1.54) is 25.3 Å².